The molecule has 1 aliphatic rings. The van der Waals surface area contributed by atoms with E-state index >= 15 is 0 Å². The fourth-order valence-electron chi connectivity index (χ4n) is 5.06. The van der Waals surface area contributed by atoms with Crippen molar-refractivity contribution >= 4 is 23.1 Å². The molecule has 1 atom stereocenters. The maximum absolute atomic E-state index is 13.4. The van der Waals surface area contributed by atoms with E-state index < -0.39 is 17.7 Å². The van der Waals surface area contributed by atoms with E-state index in [9.17, 15) is 14.7 Å². The summed E-state index contributed by atoms with van der Waals surface area (Å²) in [6.07, 6.45) is 0.717. The van der Waals surface area contributed by atoms with Gasteiger partial charge in [-0.15, -0.1) is 0 Å². The van der Waals surface area contributed by atoms with E-state index in [1.165, 1.54) is 0 Å². The Morgan fingerprint density at radius 1 is 1.03 bits per heavy atom. The van der Waals surface area contributed by atoms with Crippen LogP contribution in [-0.2, 0) is 9.59 Å². The van der Waals surface area contributed by atoms with Gasteiger partial charge in [-0.25, -0.2) is 0 Å². The topological polar surface area (TPSA) is 73.3 Å². The minimum absolute atomic E-state index is 0.134. The van der Waals surface area contributed by atoms with Crippen LogP contribution in [0.2, 0.25) is 0 Å². The zero-order valence-electron chi connectivity index (χ0n) is 24.0. The molecular formula is C31H43N3O4. The minimum atomic E-state index is -0.656. The van der Waals surface area contributed by atoms with E-state index in [0.717, 1.165) is 42.2 Å². The predicted molar refractivity (Wildman–Crippen MR) is 154 cm³/mol. The highest BCUT2D eigenvalue weighted by atomic mass is 16.5. The number of carbonyl (C=O) groups excluding carboxylic acids is 2. The maximum Gasteiger partial charge on any atom is 0.295 e. The predicted octanol–water partition coefficient (Wildman–Crippen LogP) is 5.43. The van der Waals surface area contributed by atoms with Crippen LogP contribution in [0.5, 0.6) is 5.75 Å². The minimum Gasteiger partial charge on any atom is -0.507 e. The Morgan fingerprint density at radius 2 is 1.68 bits per heavy atom. The van der Waals surface area contributed by atoms with Gasteiger partial charge in [-0.1, -0.05) is 26.0 Å². The van der Waals surface area contributed by atoms with E-state index in [1.807, 2.05) is 57.4 Å². The summed E-state index contributed by atoms with van der Waals surface area (Å²) in [6, 6.07) is 12.8. The monoisotopic (exact) mass is 521 g/mol. The molecule has 0 radical (unpaired) electrons. The number of likely N-dealkylation sites (tertiary alicyclic amines) is 1. The molecule has 2 aromatic carbocycles. The van der Waals surface area contributed by atoms with Crippen molar-refractivity contribution in [1.29, 1.82) is 0 Å². The highest BCUT2D eigenvalue weighted by molar-refractivity contribution is 6.46. The molecule has 0 spiro atoms. The van der Waals surface area contributed by atoms with Crippen LogP contribution in [0.25, 0.3) is 5.76 Å². The van der Waals surface area contributed by atoms with Crippen LogP contribution in [0.3, 0.4) is 0 Å². The van der Waals surface area contributed by atoms with E-state index in [-0.39, 0.29) is 17.3 Å². The first kappa shape index (κ1) is 29.2. The third-order valence-electron chi connectivity index (χ3n) is 7.09. The number of rotatable bonds is 12. The van der Waals surface area contributed by atoms with Crippen molar-refractivity contribution in [2.75, 3.05) is 51.8 Å². The lowest BCUT2D eigenvalue weighted by Gasteiger charge is -2.27. The summed E-state index contributed by atoms with van der Waals surface area (Å²) in [4.78, 5) is 32.6. The average Bonchev–Trinajstić information content (AvgIpc) is 3.14. The number of ketones is 1. The third kappa shape index (κ3) is 6.21. The summed E-state index contributed by atoms with van der Waals surface area (Å²) < 4.78 is 5.78. The molecule has 206 valence electrons. The third-order valence-corrected chi connectivity index (χ3v) is 7.09. The molecule has 1 amide bonds. The fraction of sp³-hybridized carbons (Fsp3) is 0.484. The van der Waals surface area contributed by atoms with E-state index in [2.05, 4.69) is 37.5 Å². The average molecular weight is 522 g/mol. The Kier molecular flexibility index (Phi) is 9.97. The number of hydrogen-bond acceptors (Lipinski definition) is 6. The zero-order chi connectivity index (χ0) is 28.0. The molecule has 1 saturated heterocycles. The molecule has 1 heterocycles. The molecule has 1 unspecified atom stereocenters. The Labute approximate surface area is 227 Å². The molecule has 0 aromatic heterocycles. The van der Waals surface area contributed by atoms with Crippen LogP contribution >= 0.6 is 0 Å². The van der Waals surface area contributed by atoms with Crippen molar-refractivity contribution in [3.8, 4) is 5.75 Å². The number of benzene rings is 2. The maximum atomic E-state index is 13.4. The van der Waals surface area contributed by atoms with Gasteiger partial charge < -0.3 is 24.5 Å². The first-order valence-electron chi connectivity index (χ1n) is 13.7. The molecule has 7 heteroatoms. The quantitative estimate of drug-likeness (QED) is 0.228. The van der Waals surface area contributed by atoms with Crippen LogP contribution in [0.15, 0.2) is 48.0 Å². The molecule has 0 saturated carbocycles. The summed E-state index contributed by atoms with van der Waals surface area (Å²) in [7, 11) is 3.96. The molecule has 38 heavy (non-hydrogen) atoms. The second-order valence-electron chi connectivity index (χ2n) is 10.3. The molecule has 2 aromatic rings. The van der Waals surface area contributed by atoms with E-state index in [0.29, 0.717) is 25.1 Å². The molecule has 1 N–H and O–H groups in total. The van der Waals surface area contributed by atoms with Crippen molar-refractivity contribution in [2.24, 2.45) is 0 Å². The molecule has 0 aliphatic carbocycles. The second-order valence-corrected chi connectivity index (χ2v) is 10.3. The lowest BCUT2D eigenvalue weighted by Crippen LogP contribution is -2.32. The molecule has 1 aliphatic heterocycles. The number of carbonyl (C=O) groups is 2. The Bertz CT molecular complexity index is 1150. The molecule has 1 fully saturated rings. The van der Waals surface area contributed by atoms with Gasteiger partial charge in [0.25, 0.3) is 11.7 Å². The van der Waals surface area contributed by atoms with E-state index in [1.54, 1.807) is 11.0 Å². The standard InChI is InChI=1S/C31H43N3O4/c1-8-33(9-2)24-15-12-22(13-16-24)28-27(30(36)31(37)34(28)19-11-18-32(6)7)29(35)23-14-17-26(38-10-3)25(20-23)21(4)5/h12-17,20-21,28,35H,8-11,18-19H2,1-7H3/b29-27-. The summed E-state index contributed by atoms with van der Waals surface area (Å²) in [5, 5.41) is 11.5. The Hall–Kier alpha value is -3.32. The van der Waals surface area contributed by atoms with Gasteiger partial charge in [0, 0.05) is 30.9 Å². The fourth-order valence-corrected chi connectivity index (χ4v) is 5.06. The Balaban J connectivity index is 2.13. The lowest BCUT2D eigenvalue weighted by atomic mass is 9.93. The van der Waals surface area contributed by atoms with Crippen LogP contribution in [0.1, 0.15) is 69.7 Å². The molecule has 0 bridgehead atoms. The number of amides is 1. The van der Waals surface area contributed by atoms with Gasteiger partial charge in [0.05, 0.1) is 18.2 Å². The van der Waals surface area contributed by atoms with Crippen molar-refractivity contribution in [3.63, 3.8) is 0 Å². The number of aliphatic hydroxyl groups is 1. The number of aliphatic hydroxyl groups excluding tert-OH is 1. The SMILES string of the molecule is CCOc1ccc(/C(O)=C2/C(=O)C(=O)N(CCCN(C)C)C2c2ccc(N(CC)CC)cc2)cc1C(C)C. The van der Waals surface area contributed by atoms with Crippen LogP contribution in [0, 0.1) is 0 Å². The highest BCUT2D eigenvalue weighted by Gasteiger charge is 2.45. The summed E-state index contributed by atoms with van der Waals surface area (Å²) in [5.74, 6) is -0.461. The van der Waals surface area contributed by atoms with Crippen molar-refractivity contribution in [1.82, 2.24) is 9.80 Å². The first-order chi connectivity index (χ1) is 18.1. The van der Waals surface area contributed by atoms with Gasteiger partial charge in [0.1, 0.15) is 11.5 Å². The number of Topliss-reactive ketones (excluding diaryl/α,β-unsaturated/α-hetero) is 1. The van der Waals surface area contributed by atoms with E-state index in [4.69, 9.17) is 4.74 Å². The van der Waals surface area contributed by atoms with Crippen molar-refractivity contribution in [3.05, 3.63) is 64.7 Å². The smallest absolute Gasteiger partial charge is 0.295 e. The van der Waals surface area contributed by atoms with Gasteiger partial charge in [0.15, 0.2) is 0 Å². The summed E-state index contributed by atoms with van der Waals surface area (Å²) in [5.41, 5.74) is 3.47. The van der Waals surface area contributed by atoms with Gasteiger partial charge in [-0.2, -0.15) is 0 Å². The normalized spacial score (nSPS) is 17.1. The lowest BCUT2D eigenvalue weighted by molar-refractivity contribution is -0.139. The zero-order valence-corrected chi connectivity index (χ0v) is 24.0. The molecular weight excluding hydrogens is 478 g/mol. The van der Waals surface area contributed by atoms with Crippen molar-refractivity contribution in [2.45, 2.75) is 53.0 Å². The number of anilines is 1. The number of nitrogens with zero attached hydrogens (tertiary/aromatic N) is 3. The van der Waals surface area contributed by atoms with Crippen molar-refractivity contribution < 1.29 is 19.4 Å². The van der Waals surface area contributed by atoms with Gasteiger partial charge in [-0.3, -0.25) is 9.59 Å². The summed E-state index contributed by atoms with van der Waals surface area (Å²) in [6.45, 7) is 13.8. The first-order valence-corrected chi connectivity index (χ1v) is 13.7. The van der Waals surface area contributed by atoms with Crippen LogP contribution < -0.4 is 9.64 Å². The largest absolute Gasteiger partial charge is 0.507 e. The molecule has 7 nitrogen and oxygen atoms in total. The number of hydrogen-bond donors (Lipinski definition) is 1. The van der Waals surface area contributed by atoms with Crippen LogP contribution in [-0.4, -0.2) is 73.5 Å². The Morgan fingerprint density at radius 3 is 2.24 bits per heavy atom. The summed E-state index contributed by atoms with van der Waals surface area (Å²) >= 11 is 0. The van der Waals surface area contributed by atoms with Gasteiger partial charge in [-0.05, 0) is 95.2 Å². The van der Waals surface area contributed by atoms with Gasteiger partial charge in [0.2, 0.25) is 0 Å². The van der Waals surface area contributed by atoms with Gasteiger partial charge >= 0.3 is 0 Å². The molecule has 3 rings (SSSR count). The number of ether oxygens (including phenoxy) is 1. The van der Waals surface area contributed by atoms with Crippen LogP contribution in [0.4, 0.5) is 5.69 Å². The second kappa shape index (κ2) is 13.0. The highest BCUT2D eigenvalue weighted by Crippen LogP contribution is 2.41.